The molecule has 2 aromatic heterocycles. The molecule has 0 fully saturated rings. The lowest BCUT2D eigenvalue weighted by molar-refractivity contribution is 0.103. The van der Waals surface area contributed by atoms with Gasteiger partial charge in [-0.15, -0.1) is 0 Å². The number of aryl methyl sites for hydroxylation is 1. The molecule has 0 aromatic carbocycles. The van der Waals surface area contributed by atoms with Crippen molar-refractivity contribution in [3.63, 3.8) is 0 Å². The van der Waals surface area contributed by atoms with Crippen LogP contribution in [0.15, 0.2) is 23.3 Å². The standard InChI is InChI=1S/C15H19N3O2/c1-4-12-13(18-15(20)17-12)14(19)11-8-16-6-5-10(11)7-9(2)3/h5-6,8-9H,4,7H2,1-3H3,(H2,17,18,20). The van der Waals surface area contributed by atoms with Gasteiger partial charge in [-0.25, -0.2) is 4.79 Å². The van der Waals surface area contributed by atoms with Crippen LogP contribution < -0.4 is 5.69 Å². The molecule has 0 radical (unpaired) electrons. The Balaban J connectivity index is 2.45. The van der Waals surface area contributed by atoms with Crippen molar-refractivity contribution in [2.75, 3.05) is 0 Å². The zero-order chi connectivity index (χ0) is 14.7. The van der Waals surface area contributed by atoms with E-state index in [4.69, 9.17) is 0 Å². The second kappa shape index (κ2) is 5.86. The number of hydrogen-bond donors (Lipinski definition) is 2. The number of pyridine rings is 1. The molecule has 0 aliphatic carbocycles. The van der Waals surface area contributed by atoms with Crippen molar-refractivity contribution in [2.45, 2.75) is 33.6 Å². The fourth-order valence-electron chi connectivity index (χ4n) is 2.26. The first-order chi connectivity index (χ1) is 9.52. The van der Waals surface area contributed by atoms with Crippen LogP contribution in [-0.2, 0) is 12.8 Å². The van der Waals surface area contributed by atoms with Crippen LogP contribution in [0.2, 0.25) is 0 Å². The minimum atomic E-state index is -0.348. The second-order valence-corrected chi connectivity index (χ2v) is 5.25. The third-order valence-corrected chi connectivity index (χ3v) is 3.17. The Bertz CT molecular complexity index is 668. The molecule has 0 aliphatic rings. The van der Waals surface area contributed by atoms with Crippen molar-refractivity contribution >= 4 is 5.78 Å². The lowest BCUT2D eigenvalue weighted by atomic mass is 9.96. The van der Waals surface area contributed by atoms with Crippen LogP contribution in [0.25, 0.3) is 0 Å². The summed E-state index contributed by atoms with van der Waals surface area (Å²) in [5.41, 5.74) is 2.16. The Labute approximate surface area is 117 Å². The van der Waals surface area contributed by atoms with Gasteiger partial charge in [0, 0.05) is 23.7 Å². The molecule has 0 amide bonds. The van der Waals surface area contributed by atoms with Gasteiger partial charge < -0.3 is 9.97 Å². The highest BCUT2D eigenvalue weighted by Gasteiger charge is 2.19. The molecule has 0 bridgehead atoms. The summed E-state index contributed by atoms with van der Waals surface area (Å²) in [6, 6.07) is 1.86. The van der Waals surface area contributed by atoms with Gasteiger partial charge in [-0.2, -0.15) is 0 Å². The number of aromatic amines is 2. The van der Waals surface area contributed by atoms with E-state index in [2.05, 4.69) is 28.8 Å². The van der Waals surface area contributed by atoms with Crippen LogP contribution in [0.4, 0.5) is 0 Å². The van der Waals surface area contributed by atoms with E-state index in [1.165, 1.54) is 0 Å². The van der Waals surface area contributed by atoms with E-state index in [9.17, 15) is 9.59 Å². The van der Waals surface area contributed by atoms with Gasteiger partial charge in [-0.1, -0.05) is 20.8 Å². The Morgan fingerprint density at radius 2 is 2.10 bits per heavy atom. The summed E-state index contributed by atoms with van der Waals surface area (Å²) in [7, 11) is 0. The maximum atomic E-state index is 12.6. The first-order valence-corrected chi connectivity index (χ1v) is 6.81. The van der Waals surface area contributed by atoms with E-state index in [-0.39, 0.29) is 11.5 Å². The Kier molecular flexibility index (Phi) is 4.17. The zero-order valence-corrected chi connectivity index (χ0v) is 12.0. The van der Waals surface area contributed by atoms with E-state index in [1.807, 2.05) is 13.0 Å². The summed E-state index contributed by atoms with van der Waals surface area (Å²) >= 11 is 0. The average molecular weight is 273 g/mol. The molecule has 2 aromatic rings. The van der Waals surface area contributed by atoms with Crippen molar-refractivity contribution in [1.82, 2.24) is 15.0 Å². The van der Waals surface area contributed by atoms with E-state index in [0.717, 1.165) is 12.0 Å². The first-order valence-electron chi connectivity index (χ1n) is 6.81. The SMILES string of the molecule is CCc1[nH]c(=O)[nH]c1C(=O)c1cnccc1CC(C)C. The van der Waals surface area contributed by atoms with E-state index >= 15 is 0 Å². The van der Waals surface area contributed by atoms with Gasteiger partial charge in [-0.3, -0.25) is 9.78 Å². The van der Waals surface area contributed by atoms with Gasteiger partial charge in [0.15, 0.2) is 0 Å². The number of H-pyrrole nitrogens is 2. The maximum absolute atomic E-state index is 12.6. The van der Waals surface area contributed by atoms with Crippen LogP contribution >= 0.6 is 0 Å². The zero-order valence-electron chi connectivity index (χ0n) is 12.0. The molecule has 5 heteroatoms. The van der Waals surface area contributed by atoms with Crippen LogP contribution in [0.5, 0.6) is 0 Å². The normalized spacial score (nSPS) is 11.0. The smallest absolute Gasteiger partial charge is 0.309 e. The van der Waals surface area contributed by atoms with Crippen molar-refractivity contribution in [1.29, 1.82) is 0 Å². The molecule has 0 spiro atoms. The van der Waals surface area contributed by atoms with Gasteiger partial charge >= 0.3 is 5.69 Å². The van der Waals surface area contributed by atoms with Crippen molar-refractivity contribution < 1.29 is 4.79 Å². The topological polar surface area (TPSA) is 78.6 Å². The number of carbonyl (C=O) groups is 1. The van der Waals surface area contributed by atoms with Crippen molar-refractivity contribution in [2.24, 2.45) is 5.92 Å². The first kappa shape index (κ1) is 14.2. The van der Waals surface area contributed by atoms with Gasteiger partial charge in [0.1, 0.15) is 5.69 Å². The summed E-state index contributed by atoms with van der Waals surface area (Å²) in [4.78, 5) is 33.3. The van der Waals surface area contributed by atoms with Crippen LogP contribution in [0.3, 0.4) is 0 Å². The Morgan fingerprint density at radius 1 is 1.35 bits per heavy atom. The number of imidazole rings is 1. The number of aromatic nitrogens is 3. The van der Waals surface area contributed by atoms with Crippen LogP contribution in [0, 0.1) is 5.92 Å². The summed E-state index contributed by atoms with van der Waals surface area (Å²) in [5.74, 6) is 0.267. The number of nitrogens with one attached hydrogen (secondary N) is 2. The maximum Gasteiger partial charge on any atom is 0.323 e. The molecule has 20 heavy (non-hydrogen) atoms. The minimum absolute atomic E-state index is 0.177. The molecule has 2 heterocycles. The highest BCUT2D eigenvalue weighted by atomic mass is 16.1. The van der Waals surface area contributed by atoms with E-state index < -0.39 is 0 Å². The molecule has 106 valence electrons. The molecule has 0 atom stereocenters. The monoisotopic (exact) mass is 273 g/mol. The van der Waals surface area contributed by atoms with Crippen molar-refractivity contribution in [3.8, 4) is 0 Å². The number of carbonyl (C=O) groups excluding carboxylic acids is 1. The largest absolute Gasteiger partial charge is 0.323 e. The van der Waals surface area contributed by atoms with Gasteiger partial charge in [0.2, 0.25) is 5.78 Å². The summed E-state index contributed by atoms with van der Waals surface area (Å²) in [6.45, 7) is 6.10. The predicted molar refractivity (Wildman–Crippen MR) is 77.0 cm³/mol. The summed E-state index contributed by atoms with van der Waals surface area (Å²) < 4.78 is 0. The highest BCUT2D eigenvalue weighted by Crippen LogP contribution is 2.17. The molecule has 0 saturated heterocycles. The molecular formula is C15H19N3O2. The van der Waals surface area contributed by atoms with Crippen molar-refractivity contribution in [3.05, 3.63) is 51.5 Å². The summed E-state index contributed by atoms with van der Waals surface area (Å²) in [6.07, 6.45) is 4.67. The molecule has 5 nitrogen and oxygen atoms in total. The highest BCUT2D eigenvalue weighted by molar-refractivity contribution is 6.09. The van der Waals surface area contributed by atoms with Crippen LogP contribution in [0.1, 0.15) is 48.1 Å². The van der Waals surface area contributed by atoms with Gasteiger partial charge in [0.05, 0.1) is 0 Å². The summed E-state index contributed by atoms with van der Waals surface area (Å²) in [5, 5.41) is 0. The second-order valence-electron chi connectivity index (χ2n) is 5.25. The third kappa shape index (κ3) is 2.87. The fourth-order valence-corrected chi connectivity index (χ4v) is 2.26. The molecule has 2 rings (SSSR count). The predicted octanol–water partition coefficient (Wildman–Crippen LogP) is 2.09. The number of ketones is 1. The number of nitrogens with zero attached hydrogens (tertiary/aromatic N) is 1. The average Bonchev–Trinajstić information content (AvgIpc) is 2.79. The van der Waals surface area contributed by atoms with Gasteiger partial charge in [-0.05, 0) is 30.4 Å². The third-order valence-electron chi connectivity index (χ3n) is 3.17. The van der Waals surface area contributed by atoms with E-state index in [1.54, 1.807) is 12.4 Å². The Hall–Kier alpha value is -2.17. The van der Waals surface area contributed by atoms with Gasteiger partial charge in [0.25, 0.3) is 0 Å². The lowest BCUT2D eigenvalue weighted by Gasteiger charge is -2.10. The molecular weight excluding hydrogens is 254 g/mol. The lowest BCUT2D eigenvalue weighted by Crippen LogP contribution is -2.11. The molecule has 0 saturated carbocycles. The molecule has 0 unspecified atom stereocenters. The molecule has 2 N–H and O–H groups in total. The number of hydrogen-bond acceptors (Lipinski definition) is 3. The van der Waals surface area contributed by atoms with Crippen LogP contribution in [-0.4, -0.2) is 20.7 Å². The minimum Gasteiger partial charge on any atom is -0.309 e. The Morgan fingerprint density at radius 3 is 2.75 bits per heavy atom. The quantitative estimate of drug-likeness (QED) is 0.819. The fraction of sp³-hybridized carbons (Fsp3) is 0.400. The number of rotatable bonds is 5. The van der Waals surface area contributed by atoms with E-state index in [0.29, 0.717) is 29.3 Å². The molecule has 0 aliphatic heterocycles.